The van der Waals surface area contributed by atoms with E-state index in [1.54, 1.807) is 28.0 Å². The topological polar surface area (TPSA) is 178 Å². The van der Waals surface area contributed by atoms with Gasteiger partial charge in [-0.1, -0.05) is 71.8 Å². The Morgan fingerprint density at radius 1 is 0.509 bits per heavy atom. The number of likely N-dealkylation sites (tertiary alicyclic amines) is 3. The Balaban J connectivity index is 0.000000159. The molecule has 3 unspecified atom stereocenters. The number of hydrogen-bond acceptors (Lipinski definition) is 9. The number of carbonyl (C=O) groups is 3. The number of nitriles is 3. The van der Waals surface area contributed by atoms with Crippen LogP contribution in [-0.4, -0.2) is 144 Å². The van der Waals surface area contributed by atoms with Gasteiger partial charge < -0.3 is 45.3 Å². The number of amides is 6. The number of hydrogen-bond donors (Lipinski definition) is 3. The predicted octanol–water partition coefficient (Wildman–Crippen LogP) is 18.9. The number of urea groups is 3. The number of rotatable bonds is 18. The number of nitrogens with one attached hydrogen (secondary N) is 3. The summed E-state index contributed by atoms with van der Waals surface area (Å²) in [6, 6.07) is 38.0. The Morgan fingerprint density at radius 2 is 0.972 bits per heavy atom. The molecule has 5 fully saturated rings. The SMILES string of the molecule is N#Cc1cccc(C2=CCC(N(CCN3CCCC3)C(=O)Nc3cc(F)cc(C(F)(F)F)c3)CC2)c1.N#Cc1cccc(C2=CCC(N(CCN3CCCC3)C(=O)Nc3ccc(Cl)c(C(F)(F)F)c3)CC2)c1.N#Cc1cccc([C@]23CC[C@@H](N(CCN4CCCC4)C(=O)Nc4ccc(F)c(Cl)c4)CC2C3)c1. The van der Waals surface area contributed by atoms with Gasteiger partial charge in [0.1, 0.15) is 11.6 Å². The minimum Gasteiger partial charge on any atom is -0.320 e. The second kappa shape index (κ2) is 35.6. The van der Waals surface area contributed by atoms with Gasteiger partial charge in [0.15, 0.2) is 0 Å². The van der Waals surface area contributed by atoms with Crippen LogP contribution in [0, 0.1) is 51.5 Å². The zero-order valence-corrected chi connectivity index (χ0v) is 60.4. The first-order chi connectivity index (χ1) is 50.9. The van der Waals surface area contributed by atoms with Crippen LogP contribution in [0.3, 0.4) is 0 Å². The van der Waals surface area contributed by atoms with E-state index in [9.17, 15) is 65.3 Å². The molecule has 2 saturated carbocycles. The molecule has 6 aromatic carbocycles. The van der Waals surface area contributed by atoms with E-state index in [1.165, 1.54) is 36.6 Å². The molecular weight excluding hydrogens is 1410 g/mol. The zero-order valence-electron chi connectivity index (χ0n) is 58.9. The summed E-state index contributed by atoms with van der Waals surface area (Å²) in [6.07, 6.45) is 9.84. The van der Waals surface area contributed by atoms with Gasteiger partial charge in [0.05, 0.1) is 56.1 Å². The third-order valence-corrected chi connectivity index (χ3v) is 22.2. The Bertz CT molecular complexity index is 4310. The number of allylic oxidation sites excluding steroid dienone is 2. The molecule has 0 aromatic heterocycles. The first-order valence-corrected chi connectivity index (χ1v) is 37.2. The van der Waals surface area contributed by atoms with Gasteiger partial charge in [-0.15, -0.1) is 0 Å². The molecule has 25 heteroatoms. The molecule has 0 bridgehead atoms. The summed E-state index contributed by atoms with van der Waals surface area (Å²) < 4.78 is 107. The van der Waals surface area contributed by atoms with Crippen LogP contribution in [-0.2, 0) is 17.8 Å². The third kappa shape index (κ3) is 20.6. The summed E-state index contributed by atoms with van der Waals surface area (Å²) in [5, 5.41) is 35.4. The highest BCUT2D eigenvalue weighted by Crippen LogP contribution is 2.63. The second-order valence-corrected chi connectivity index (χ2v) is 29.3. The molecule has 0 spiro atoms. The molecule has 5 atom stereocenters. The van der Waals surface area contributed by atoms with Crippen LogP contribution < -0.4 is 16.0 Å². The van der Waals surface area contributed by atoms with E-state index in [0.717, 1.165) is 163 Å². The molecule has 0 radical (unpaired) electrons. The van der Waals surface area contributed by atoms with E-state index in [2.05, 4.69) is 67.1 Å². The molecule has 4 aliphatic carbocycles. The van der Waals surface area contributed by atoms with Crippen LogP contribution in [0.1, 0.15) is 147 Å². The standard InChI is InChI=1S/C27H28ClF3N4O.C27H30ClFN4O.C27H28F4N4O/c28-25-11-8-22(17-24(25)27(29,30)31)33-26(36)35(15-14-34-12-1-2-13-34)23-9-6-20(7-10-23)21-5-3-4-19(16-21)18-32;28-24-16-22(6-7-25(24)29)31-26(34)33(13-12-32-10-1-2-11-32)23-8-9-27(17-21(27)15-23)20-5-3-4-19(14-20)18-30;28-23-15-22(27(29,30)31)16-24(17-23)33-26(36)35(13-12-34-10-1-2-11-34)25-8-6-20(7-9-25)21-5-3-4-19(14-21)18-32/h3-6,8,11,16-17,23H,1-2,7,9-10,12-15H2,(H,33,36);3-7,14,16,21,23H,1-2,8-13,15,17H2,(H,31,34);3-6,14-17,25H,1-2,7-13H2,(H,33,36)/t;21?,23-,27-;/m.1./s1. The number of anilines is 3. The number of benzene rings is 6. The molecule has 13 rings (SSSR count). The zero-order chi connectivity index (χ0) is 75.1. The fourth-order valence-corrected chi connectivity index (χ4v) is 16.2. The Morgan fingerprint density at radius 3 is 1.42 bits per heavy atom. The van der Waals surface area contributed by atoms with Crippen molar-refractivity contribution in [1.82, 2.24) is 29.4 Å². The average molecular weight is 1500 g/mol. The second-order valence-electron chi connectivity index (χ2n) is 28.4. The van der Waals surface area contributed by atoms with E-state index in [4.69, 9.17) is 23.2 Å². The van der Waals surface area contributed by atoms with Crippen LogP contribution in [0.2, 0.25) is 10.0 Å². The maximum absolute atomic E-state index is 13.9. The number of carbonyl (C=O) groups excluding carboxylic acids is 3. The van der Waals surface area contributed by atoms with E-state index in [1.807, 2.05) is 59.5 Å². The van der Waals surface area contributed by atoms with Gasteiger partial charge in [-0.05, 0) is 272 Å². The average Bonchev–Trinajstić information content (AvgIpc) is 1.56. The van der Waals surface area contributed by atoms with Crippen LogP contribution in [0.5, 0.6) is 0 Å². The summed E-state index contributed by atoms with van der Waals surface area (Å²) >= 11 is 11.7. The first kappa shape index (κ1) is 78.1. The van der Waals surface area contributed by atoms with E-state index < -0.39 is 52.2 Å². The van der Waals surface area contributed by atoms with Crippen LogP contribution in [0.15, 0.2) is 140 Å². The van der Waals surface area contributed by atoms with Crippen molar-refractivity contribution in [3.05, 3.63) is 206 Å². The first-order valence-electron chi connectivity index (χ1n) is 36.4. The van der Waals surface area contributed by atoms with Gasteiger partial charge in [-0.3, -0.25) is 0 Å². The lowest BCUT2D eigenvalue weighted by atomic mass is 9.80. The van der Waals surface area contributed by atoms with Crippen molar-refractivity contribution in [3.63, 3.8) is 0 Å². The van der Waals surface area contributed by atoms with Crippen LogP contribution in [0.4, 0.5) is 66.6 Å². The van der Waals surface area contributed by atoms with Crippen molar-refractivity contribution < 1.29 is 49.5 Å². The number of fused-ring (bicyclic) bond motifs is 1. The van der Waals surface area contributed by atoms with Gasteiger partial charge in [-0.2, -0.15) is 42.1 Å². The van der Waals surface area contributed by atoms with E-state index in [0.29, 0.717) is 86.2 Å². The van der Waals surface area contributed by atoms with Crippen molar-refractivity contribution >= 4 is 69.5 Å². The molecule has 6 aromatic rings. The molecule has 106 heavy (non-hydrogen) atoms. The normalized spacial score (nSPS) is 20.8. The van der Waals surface area contributed by atoms with Gasteiger partial charge in [0.25, 0.3) is 0 Å². The molecule has 3 saturated heterocycles. The van der Waals surface area contributed by atoms with Crippen molar-refractivity contribution in [1.29, 1.82) is 15.8 Å². The molecule has 3 aliphatic heterocycles. The van der Waals surface area contributed by atoms with Crippen LogP contribution in [0.25, 0.3) is 11.1 Å². The summed E-state index contributed by atoms with van der Waals surface area (Å²) in [5.41, 5.74) is 5.74. The minimum absolute atomic E-state index is 0.00134. The fraction of sp³-hybridized carbons (Fsp3) is 0.432. The highest BCUT2D eigenvalue weighted by Gasteiger charge is 2.58. The fourth-order valence-electron chi connectivity index (χ4n) is 15.8. The molecule has 15 nitrogen and oxygen atoms in total. The van der Waals surface area contributed by atoms with Gasteiger partial charge in [0, 0.05) is 74.5 Å². The Labute approximate surface area is 624 Å². The van der Waals surface area contributed by atoms with Crippen molar-refractivity contribution in [2.24, 2.45) is 5.92 Å². The quantitative estimate of drug-likeness (QED) is 0.0707. The lowest BCUT2D eigenvalue weighted by Crippen LogP contribution is -2.48. The number of halogens is 10. The van der Waals surface area contributed by atoms with Crippen molar-refractivity contribution in [2.75, 3.05) is 94.5 Å². The Kier molecular flexibility index (Phi) is 26.2. The van der Waals surface area contributed by atoms with Gasteiger partial charge >= 0.3 is 30.4 Å². The molecule has 3 N–H and O–H groups in total. The molecule has 3 heterocycles. The lowest BCUT2D eigenvalue weighted by Gasteiger charge is -2.37. The highest BCUT2D eigenvalue weighted by molar-refractivity contribution is 6.31. The molecule has 558 valence electrons. The molecule has 6 amide bonds. The largest absolute Gasteiger partial charge is 0.417 e. The lowest BCUT2D eigenvalue weighted by molar-refractivity contribution is -0.138. The van der Waals surface area contributed by atoms with Crippen molar-refractivity contribution in [2.45, 2.75) is 139 Å². The summed E-state index contributed by atoms with van der Waals surface area (Å²) in [6.45, 7) is 9.93. The summed E-state index contributed by atoms with van der Waals surface area (Å²) in [7, 11) is 0. The molecular formula is C81H86Cl2F8N12O3. The van der Waals surface area contributed by atoms with Gasteiger partial charge in [-0.25, -0.2) is 23.2 Å². The number of alkyl halides is 6. The van der Waals surface area contributed by atoms with Crippen molar-refractivity contribution in [3.8, 4) is 18.2 Å². The van der Waals surface area contributed by atoms with E-state index in [-0.39, 0.29) is 46.0 Å². The predicted molar refractivity (Wildman–Crippen MR) is 396 cm³/mol. The number of nitrogens with zero attached hydrogens (tertiary/aromatic N) is 9. The monoisotopic (exact) mass is 1500 g/mol. The maximum Gasteiger partial charge on any atom is 0.417 e. The third-order valence-electron chi connectivity index (χ3n) is 21.6. The smallest absolute Gasteiger partial charge is 0.320 e. The summed E-state index contributed by atoms with van der Waals surface area (Å²) in [4.78, 5) is 52.4. The van der Waals surface area contributed by atoms with E-state index >= 15 is 0 Å². The van der Waals surface area contributed by atoms with Gasteiger partial charge in [0.2, 0.25) is 0 Å². The Hall–Kier alpha value is -9.02. The minimum atomic E-state index is -4.72. The highest BCUT2D eigenvalue weighted by atomic mass is 35.5. The van der Waals surface area contributed by atoms with Crippen LogP contribution >= 0.6 is 23.2 Å². The summed E-state index contributed by atoms with van der Waals surface area (Å²) in [5.74, 6) is -1.03. The maximum atomic E-state index is 13.9. The molecule has 7 aliphatic rings.